The quantitative estimate of drug-likeness (QED) is 0.758. The molecule has 0 aromatic heterocycles. The molecule has 31 heavy (non-hydrogen) atoms. The van der Waals surface area contributed by atoms with Crippen molar-refractivity contribution in [3.8, 4) is 11.5 Å². The second kappa shape index (κ2) is 8.86. The molecule has 0 radical (unpaired) electrons. The summed E-state index contributed by atoms with van der Waals surface area (Å²) < 4.78 is 44.0. The first kappa shape index (κ1) is 21.6. The largest absolute Gasteiger partial charge is 0.486 e. The van der Waals surface area contributed by atoms with Gasteiger partial charge in [-0.2, -0.15) is 4.31 Å². The van der Waals surface area contributed by atoms with E-state index in [9.17, 15) is 13.2 Å². The molecule has 0 unspecified atom stereocenters. The van der Waals surface area contributed by atoms with E-state index < -0.39 is 10.0 Å². The Labute approximate surface area is 182 Å². The van der Waals surface area contributed by atoms with Gasteiger partial charge in [0.05, 0.1) is 23.5 Å². The first-order chi connectivity index (χ1) is 14.8. The average molecular weight is 447 g/mol. The minimum absolute atomic E-state index is 0.155. The molecule has 0 bridgehead atoms. The highest BCUT2D eigenvalue weighted by Crippen LogP contribution is 2.31. The molecule has 1 saturated heterocycles. The first-order valence-electron chi connectivity index (χ1n) is 10.3. The van der Waals surface area contributed by atoms with Crippen LogP contribution in [0.4, 0.5) is 5.69 Å². The topological polar surface area (TPSA) is 94.2 Å². The summed E-state index contributed by atoms with van der Waals surface area (Å²) in [5.74, 6) is 1.11. The third kappa shape index (κ3) is 5.00. The van der Waals surface area contributed by atoms with Gasteiger partial charge in [-0.05, 0) is 55.8 Å². The van der Waals surface area contributed by atoms with E-state index >= 15 is 0 Å². The van der Waals surface area contributed by atoms with E-state index in [0.29, 0.717) is 43.5 Å². The smallest absolute Gasteiger partial charge is 0.243 e. The third-order valence-corrected chi connectivity index (χ3v) is 6.98. The van der Waals surface area contributed by atoms with E-state index in [1.807, 2.05) is 19.9 Å². The molecule has 2 heterocycles. The van der Waals surface area contributed by atoms with E-state index in [4.69, 9.17) is 14.2 Å². The number of fused-ring (bicyclic) bond motifs is 1. The molecule has 2 aromatic carbocycles. The van der Waals surface area contributed by atoms with Gasteiger partial charge in [0.2, 0.25) is 15.9 Å². The van der Waals surface area contributed by atoms with Crippen molar-refractivity contribution >= 4 is 21.6 Å². The fourth-order valence-corrected chi connectivity index (χ4v) is 5.37. The number of nitrogens with one attached hydrogen (secondary N) is 1. The number of rotatable bonds is 5. The van der Waals surface area contributed by atoms with Crippen LogP contribution in [0.15, 0.2) is 47.4 Å². The predicted octanol–water partition coefficient (Wildman–Crippen LogP) is 2.44. The van der Waals surface area contributed by atoms with Gasteiger partial charge in [0.25, 0.3) is 0 Å². The van der Waals surface area contributed by atoms with E-state index in [2.05, 4.69) is 5.32 Å². The Kier molecular flexibility index (Phi) is 6.17. The molecule has 0 saturated carbocycles. The molecule has 0 aliphatic carbocycles. The molecule has 1 fully saturated rings. The summed E-state index contributed by atoms with van der Waals surface area (Å²) in [5.41, 5.74) is 1.33. The number of sulfonamides is 1. The number of ether oxygens (including phenoxy) is 3. The van der Waals surface area contributed by atoms with Crippen molar-refractivity contribution in [2.45, 2.75) is 37.4 Å². The van der Waals surface area contributed by atoms with Crippen molar-refractivity contribution in [2.75, 3.05) is 31.6 Å². The number of morpholine rings is 1. The number of carbonyl (C=O) groups is 1. The van der Waals surface area contributed by atoms with Crippen LogP contribution in [0.3, 0.4) is 0 Å². The van der Waals surface area contributed by atoms with Crippen molar-refractivity contribution in [1.82, 2.24) is 4.31 Å². The van der Waals surface area contributed by atoms with E-state index in [-0.39, 0.29) is 29.4 Å². The Hall–Kier alpha value is -2.62. The van der Waals surface area contributed by atoms with Crippen molar-refractivity contribution < 1.29 is 27.4 Å². The standard InChI is InChI=1S/C22H26N2O6S/c1-15-13-24(14-16(2)30-15)31(26,27)19-6-4-18(5-7-19)23-22(25)12-17-3-8-20-21(11-17)29-10-9-28-20/h3-8,11,15-16H,9-10,12-14H2,1-2H3,(H,23,25)/t15-,16+. The maximum atomic E-state index is 12.9. The van der Waals surface area contributed by atoms with E-state index in [1.54, 1.807) is 24.3 Å². The lowest BCUT2D eigenvalue weighted by molar-refractivity contribution is -0.115. The molecule has 0 spiro atoms. The molecule has 4 rings (SSSR count). The number of anilines is 1. The van der Waals surface area contributed by atoms with Gasteiger partial charge in [0.15, 0.2) is 11.5 Å². The van der Waals surface area contributed by atoms with Crippen LogP contribution in [0.25, 0.3) is 0 Å². The normalized spacial score (nSPS) is 21.5. The molecule has 1 N–H and O–H groups in total. The molecule has 9 heteroatoms. The maximum absolute atomic E-state index is 12.9. The number of hydrogen-bond acceptors (Lipinski definition) is 6. The Morgan fingerprint density at radius 1 is 1.00 bits per heavy atom. The summed E-state index contributed by atoms with van der Waals surface area (Å²) in [6.07, 6.45) is -0.143. The monoisotopic (exact) mass is 446 g/mol. The number of benzene rings is 2. The Morgan fingerprint density at radius 3 is 2.32 bits per heavy atom. The van der Waals surface area contributed by atoms with Gasteiger partial charge in [-0.3, -0.25) is 4.79 Å². The lowest BCUT2D eigenvalue weighted by atomic mass is 10.1. The Balaban J connectivity index is 1.39. The molecular weight excluding hydrogens is 420 g/mol. The lowest BCUT2D eigenvalue weighted by Gasteiger charge is -2.34. The molecule has 1 amide bonds. The highest BCUT2D eigenvalue weighted by molar-refractivity contribution is 7.89. The average Bonchev–Trinajstić information content (AvgIpc) is 2.73. The molecule has 166 valence electrons. The molecule has 2 aliphatic rings. The second-order valence-electron chi connectivity index (χ2n) is 7.81. The highest BCUT2D eigenvalue weighted by Gasteiger charge is 2.32. The predicted molar refractivity (Wildman–Crippen MR) is 115 cm³/mol. The Morgan fingerprint density at radius 2 is 1.65 bits per heavy atom. The molecule has 2 aliphatic heterocycles. The van der Waals surface area contributed by atoms with Gasteiger partial charge in [0.1, 0.15) is 13.2 Å². The number of nitrogens with zero attached hydrogens (tertiary/aromatic N) is 1. The van der Waals surface area contributed by atoms with Crippen LogP contribution in [0, 0.1) is 0 Å². The first-order valence-corrected chi connectivity index (χ1v) is 11.7. The highest BCUT2D eigenvalue weighted by atomic mass is 32.2. The van der Waals surface area contributed by atoms with Crippen LogP contribution in [-0.2, 0) is 26.0 Å². The summed E-state index contributed by atoms with van der Waals surface area (Å²) in [5, 5.41) is 2.80. The van der Waals surface area contributed by atoms with Gasteiger partial charge >= 0.3 is 0 Å². The van der Waals surface area contributed by atoms with Crippen LogP contribution in [0.2, 0.25) is 0 Å². The van der Waals surface area contributed by atoms with Crippen LogP contribution in [0.1, 0.15) is 19.4 Å². The lowest BCUT2D eigenvalue weighted by Crippen LogP contribution is -2.48. The summed E-state index contributed by atoms with van der Waals surface area (Å²) in [7, 11) is -3.62. The van der Waals surface area contributed by atoms with Gasteiger partial charge in [-0.15, -0.1) is 0 Å². The summed E-state index contributed by atoms with van der Waals surface area (Å²) in [6, 6.07) is 11.6. The maximum Gasteiger partial charge on any atom is 0.243 e. The van der Waals surface area contributed by atoms with Crippen molar-refractivity contribution in [2.24, 2.45) is 0 Å². The van der Waals surface area contributed by atoms with Gasteiger partial charge in [0, 0.05) is 18.8 Å². The fraction of sp³-hybridized carbons (Fsp3) is 0.409. The summed E-state index contributed by atoms with van der Waals surface area (Å²) >= 11 is 0. The van der Waals surface area contributed by atoms with Crippen molar-refractivity contribution in [3.05, 3.63) is 48.0 Å². The van der Waals surface area contributed by atoms with Crippen molar-refractivity contribution in [3.63, 3.8) is 0 Å². The molecular formula is C22H26N2O6S. The molecule has 2 aromatic rings. The van der Waals surface area contributed by atoms with E-state index in [1.165, 1.54) is 16.4 Å². The summed E-state index contributed by atoms with van der Waals surface area (Å²) in [4.78, 5) is 12.6. The summed E-state index contributed by atoms with van der Waals surface area (Å²) in [6.45, 7) is 5.36. The number of carbonyl (C=O) groups excluding carboxylic acids is 1. The number of amides is 1. The molecule has 8 nitrogen and oxygen atoms in total. The van der Waals surface area contributed by atoms with Gasteiger partial charge in [-0.1, -0.05) is 6.07 Å². The van der Waals surface area contributed by atoms with E-state index in [0.717, 1.165) is 5.56 Å². The third-order valence-electron chi connectivity index (χ3n) is 5.13. The minimum atomic E-state index is -3.62. The van der Waals surface area contributed by atoms with Gasteiger partial charge < -0.3 is 19.5 Å². The minimum Gasteiger partial charge on any atom is -0.486 e. The van der Waals surface area contributed by atoms with Crippen LogP contribution < -0.4 is 14.8 Å². The van der Waals surface area contributed by atoms with Crippen LogP contribution in [0.5, 0.6) is 11.5 Å². The number of hydrogen-bond donors (Lipinski definition) is 1. The zero-order valence-electron chi connectivity index (χ0n) is 17.5. The zero-order chi connectivity index (χ0) is 22.0. The van der Waals surface area contributed by atoms with Crippen molar-refractivity contribution in [1.29, 1.82) is 0 Å². The van der Waals surface area contributed by atoms with Crippen LogP contribution in [-0.4, -0.2) is 57.1 Å². The molecule has 2 atom stereocenters. The van der Waals surface area contributed by atoms with Gasteiger partial charge in [-0.25, -0.2) is 8.42 Å². The zero-order valence-corrected chi connectivity index (χ0v) is 18.4. The fourth-order valence-electron chi connectivity index (χ4n) is 3.77. The Bertz CT molecular complexity index is 1040. The SMILES string of the molecule is C[C@@H]1CN(S(=O)(=O)c2ccc(NC(=O)Cc3ccc4c(c3)OCCO4)cc2)C[C@H](C)O1. The second-order valence-corrected chi connectivity index (χ2v) is 9.74. The van der Waals surface area contributed by atoms with Crippen LogP contribution >= 0.6 is 0 Å².